The fourth-order valence-electron chi connectivity index (χ4n) is 4.93. The monoisotopic (exact) mass is 676 g/mol. The predicted molar refractivity (Wildman–Crippen MR) is 189 cm³/mol. The van der Waals surface area contributed by atoms with E-state index in [0.717, 1.165) is 23.5 Å². The maximum atomic E-state index is 13.5. The summed E-state index contributed by atoms with van der Waals surface area (Å²) in [5, 5.41) is 22.7. The molecule has 6 rings (SSSR count). The van der Waals surface area contributed by atoms with Gasteiger partial charge in [0.2, 0.25) is 0 Å². The van der Waals surface area contributed by atoms with Crippen LogP contribution in [0.25, 0.3) is 12.2 Å². The van der Waals surface area contributed by atoms with E-state index in [2.05, 4.69) is 0 Å². The lowest BCUT2D eigenvalue weighted by Gasteiger charge is -2.21. The standard InChI is InChI=1S/C34H24N6O6S2/c41-33-37(31(35-25-13-3-1-4-14-25)29(47-33)21-23-11-7-9-17-27(23)39(43)44)19-20-38-32(36-26-15-5-2-6-16-26)30(48-34(38)42)22-24-12-8-10-18-28(24)40(45)46/h1-18,21-22H,19-20H2/b29-21-,30-22-,35-31?,36-32?. The molecule has 4 aromatic carbocycles. The summed E-state index contributed by atoms with van der Waals surface area (Å²) < 4.78 is 0. The first-order valence-corrected chi connectivity index (χ1v) is 16.1. The number of nitro benzene ring substituents is 2. The number of para-hydroxylation sites is 4. The summed E-state index contributed by atoms with van der Waals surface area (Å²) in [5.74, 6) is 0.566. The summed E-state index contributed by atoms with van der Waals surface area (Å²) in [4.78, 5) is 62.6. The number of nitrogens with zero attached hydrogens (tertiary/aromatic N) is 6. The summed E-state index contributed by atoms with van der Waals surface area (Å²) in [7, 11) is 0. The smallest absolute Gasteiger partial charge is 0.284 e. The van der Waals surface area contributed by atoms with Gasteiger partial charge in [-0.3, -0.25) is 39.6 Å². The van der Waals surface area contributed by atoms with Crippen molar-refractivity contribution < 1.29 is 19.4 Å². The van der Waals surface area contributed by atoms with Gasteiger partial charge in [0.15, 0.2) is 11.7 Å². The Kier molecular flexibility index (Phi) is 9.55. The quantitative estimate of drug-likeness (QED) is 0.126. The Labute approximate surface area is 282 Å². The number of carbonyl (C=O) groups excluding carboxylic acids is 2. The van der Waals surface area contributed by atoms with Crippen LogP contribution in [0.5, 0.6) is 0 Å². The van der Waals surface area contributed by atoms with Gasteiger partial charge in [-0.1, -0.05) is 60.7 Å². The van der Waals surface area contributed by atoms with Crippen LogP contribution in [0, 0.1) is 20.2 Å². The van der Waals surface area contributed by atoms with Gasteiger partial charge >= 0.3 is 0 Å². The number of benzene rings is 4. The summed E-state index contributed by atoms with van der Waals surface area (Å²) in [5.41, 5.74) is 1.53. The zero-order valence-electron chi connectivity index (χ0n) is 24.9. The van der Waals surface area contributed by atoms with Crippen molar-refractivity contribution in [3.05, 3.63) is 150 Å². The fraction of sp³-hybridized carbons (Fsp3) is 0.0588. The molecular weight excluding hydrogens is 653 g/mol. The number of aliphatic imine (C=N–C) groups is 2. The normalized spacial score (nSPS) is 18.1. The third-order valence-corrected chi connectivity index (χ3v) is 8.99. The highest BCUT2D eigenvalue weighted by atomic mass is 32.2. The molecule has 2 aliphatic heterocycles. The molecule has 12 nitrogen and oxygen atoms in total. The Balaban J connectivity index is 1.36. The zero-order valence-corrected chi connectivity index (χ0v) is 26.5. The first-order valence-electron chi connectivity index (χ1n) is 14.5. The van der Waals surface area contributed by atoms with E-state index < -0.39 is 9.85 Å². The van der Waals surface area contributed by atoms with Gasteiger partial charge in [-0.2, -0.15) is 0 Å². The zero-order chi connectivity index (χ0) is 33.6. The van der Waals surface area contributed by atoms with E-state index >= 15 is 0 Å². The van der Waals surface area contributed by atoms with Crippen LogP contribution >= 0.6 is 23.5 Å². The number of amides is 2. The van der Waals surface area contributed by atoms with Crippen LogP contribution in [0.2, 0.25) is 0 Å². The van der Waals surface area contributed by atoms with Crippen molar-refractivity contribution in [2.75, 3.05) is 13.1 Å². The molecule has 0 atom stereocenters. The molecule has 238 valence electrons. The molecule has 2 heterocycles. The highest BCUT2D eigenvalue weighted by Crippen LogP contribution is 2.38. The van der Waals surface area contributed by atoms with Gasteiger partial charge in [0.25, 0.3) is 21.9 Å². The second-order valence-corrected chi connectivity index (χ2v) is 12.2. The molecule has 2 aliphatic rings. The number of nitro groups is 2. The average molecular weight is 677 g/mol. The lowest BCUT2D eigenvalue weighted by molar-refractivity contribution is -0.385. The molecule has 0 aliphatic carbocycles. The molecule has 2 saturated heterocycles. The van der Waals surface area contributed by atoms with Crippen molar-refractivity contribution >= 4 is 80.6 Å². The summed E-state index contributed by atoms with van der Waals surface area (Å²) >= 11 is 1.78. The molecule has 2 amide bonds. The van der Waals surface area contributed by atoms with Crippen LogP contribution in [0.4, 0.5) is 32.3 Å². The maximum Gasteiger partial charge on any atom is 0.292 e. The van der Waals surface area contributed by atoms with Gasteiger partial charge in [0.05, 0.1) is 42.2 Å². The number of carbonyl (C=O) groups is 2. The van der Waals surface area contributed by atoms with Crippen LogP contribution in [0.1, 0.15) is 11.1 Å². The molecule has 0 bridgehead atoms. The largest absolute Gasteiger partial charge is 0.292 e. The fourth-order valence-corrected chi connectivity index (χ4v) is 6.74. The van der Waals surface area contributed by atoms with E-state index in [1.807, 2.05) is 12.1 Å². The van der Waals surface area contributed by atoms with Crippen molar-refractivity contribution in [3.63, 3.8) is 0 Å². The van der Waals surface area contributed by atoms with Crippen LogP contribution in [-0.2, 0) is 0 Å². The first-order chi connectivity index (χ1) is 23.3. The molecular formula is C34H24N6O6S2. The molecule has 0 N–H and O–H groups in total. The molecule has 0 aromatic heterocycles. The number of amidine groups is 2. The van der Waals surface area contributed by atoms with E-state index in [1.165, 1.54) is 21.9 Å². The minimum atomic E-state index is -0.487. The van der Waals surface area contributed by atoms with Crippen molar-refractivity contribution in [2.45, 2.75) is 0 Å². The summed E-state index contributed by atoms with van der Waals surface area (Å²) in [6.45, 7) is 0.0369. The molecule has 2 fully saturated rings. The van der Waals surface area contributed by atoms with E-state index in [-0.39, 0.29) is 46.6 Å². The van der Waals surface area contributed by atoms with Gasteiger partial charge < -0.3 is 0 Å². The molecule has 0 unspecified atom stereocenters. The molecule has 0 radical (unpaired) electrons. The van der Waals surface area contributed by atoms with Crippen molar-refractivity contribution in [1.29, 1.82) is 0 Å². The maximum absolute atomic E-state index is 13.5. The second kappa shape index (κ2) is 14.3. The topological polar surface area (TPSA) is 152 Å². The van der Waals surface area contributed by atoms with Crippen LogP contribution < -0.4 is 0 Å². The predicted octanol–water partition coefficient (Wildman–Crippen LogP) is 8.68. The summed E-state index contributed by atoms with van der Waals surface area (Å²) in [6, 6.07) is 30.4. The highest BCUT2D eigenvalue weighted by Gasteiger charge is 2.38. The van der Waals surface area contributed by atoms with E-state index in [4.69, 9.17) is 9.98 Å². The van der Waals surface area contributed by atoms with Gasteiger partial charge in [-0.25, -0.2) is 9.98 Å². The lowest BCUT2D eigenvalue weighted by Crippen LogP contribution is -2.39. The van der Waals surface area contributed by atoms with Crippen molar-refractivity contribution in [1.82, 2.24) is 9.80 Å². The number of hydrogen-bond donors (Lipinski definition) is 0. The molecule has 4 aromatic rings. The van der Waals surface area contributed by atoms with E-state index in [0.29, 0.717) is 32.3 Å². The Bertz CT molecular complexity index is 1900. The molecule has 0 spiro atoms. The first kappa shape index (κ1) is 32.1. The Morgan fingerprint density at radius 3 is 1.29 bits per heavy atom. The molecule has 14 heteroatoms. The van der Waals surface area contributed by atoms with Gasteiger partial charge in [0.1, 0.15) is 0 Å². The summed E-state index contributed by atoms with van der Waals surface area (Å²) in [6.07, 6.45) is 3.13. The van der Waals surface area contributed by atoms with Crippen LogP contribution in [-0.4, -0.2) is 54.9 Å². The highest BCUT2D eigenvalue weighted by molar-refractivity contribution is 8.18. The third kappa shape index (κ3) is 7.09. The van der Waals surface area contributed by atoms with E-state index in [1.54, 1.807) is 97.1 Å². The molecule has 0 saturated carbocycles. The average Bonchev–Trinajstić information content (AvgIpc) is 3.53. The molecule has 48 heavy (non-hydrogen) atoms. The van der Waals surface area contributed by atoms with Gasteiger partial charge in [0, 0.05) is 25.2 Å². The second-order valence-electron chi connectivity index (χ2n) is 10.2. The minimum absolute atomic E-state index is 0.0185. The third-order valence-electron chi connectivity index (χ3n) is 7.16. The Morgan fingerprint density at radius 1 is 0.562 bits per heavy atom. The minimum Gasteiger partial charge on any atom is -0.284 e. The van der Waals surface area contributed by atoms with Gasteiger partial charge in [-0.05, 0) is 72.1 Å². The lowest BCUT2D eigenvalue weighted by atomic mass is 10.1. The van der Waals surface area contributed by atoms with Crippen molar-refractivity contribution in [2.24, 2.45) is 9.98 Å². The Morgan fingerprint density at radius 2 is 0.917 bits per heavy atom. The van der Waals surface area contributed by atoms with Crippen LogP contribution in [0.15, 0.2) is 129 Å². The number of rotatable bonds is 9. The van der Waals surface area contributed by atoms with Crippen LogP contribution in [0.3, 0.4) is 0 Å². The number of thioether (sulfide) groups is 2. The number of hydrogen-bond acceptors (Lipinski definition) is 10. The van der Waals surface area contributed by atoms with Crippen molar-refractivity contribution in [3.8, 4) is 0 Å². The Hall–Kier alpha value is -5.86. The van der Waals surface area contributed by atoms with E-state index in [9.17, 15) is 29.8 Å². The SMILES string of the molecule is O=C1S/C(=C\c2ccccc2[N+](=O)[O-])C(=Nc2ccccc2)N1CCN1C(=O)S/C(=C\c2ccccc2[N+](=O)[O-])C1=Nc1ccccc1. The van der Waals surface area contributed by atoms with Gasteiger partial charge in [-0.15, -0.1) is 0 Å².